The molecule has 0 saturated carbocycles. The van der Waals surface area contributed by atoms with E-state index in [1.165, 1.54) is 0 Å². The van der Waals surface area contributed by atoms with Crippen LogP contribution in [0.3, 0.4) is 0 Å². The number of hydrogen-bond donors (Lipinski definition) is 1. The van der Waals surface area contributed by atoms with Crippen molar-refractivity contribution in [2.45, 2.75) is 19.4 Å². The smallest absolute Gasteiger partial charge is 0.305 e. The van der Waals surface area contributed by atoms with Crippen LogP contribution in [0.25, 0.3) is 0 Å². The summed E-state index contributed by atoms with van der Waals surface area (Å²) in [6.07, 6.45) is -0.670. The number of nitrogens with zero attached hydrogens (tertiary/aromatic N) is 1. The van der Waals surface area contributed by atoms with Gasteiger partial charge in [0.15, 0.2) is 0 Å². The van der Waals surface area contributed by atoms with Crippen LogP contribution in [0, 0.1) is 0 Å². The van der Waals surface area contributed by atoms with Crippen LogP contribution in [0.4, 0.5) is 0 Å². The molecule has 18 heavy (non-hydrogen) atoms. The lowest BCUT2D eigenvalue weighted by atomic mass is 10.3. The van der Waals surface area contributed by atoms with Crippen molar-refractivity contribution in [3.05, 3.63) is 0 Å². The van der Waals surface area contributed by atoms with Gasteiger partial charge in [-0.3, -0.25) is 14.2 Å². The number of esters is 1. The second kappa shape index (κ2) is 7.03. The third-order valence-electron chi connectivity index (χ3n) is 2.55. The van der Waals surface area contributed by atoms with Gasteiger partial charge in [-0.05, 0) is 0 Å². The van der Waals surface area contributed by atoms with Crippen LogP contribution in [0.1, 0.15) is 13.3 Å². The first-order valence-electron chi connectivity index (χ1n) is 5.85. The van der Waals surface area contributed by atoms with Crippen molar-refractivity contribution in [2.75, 3.05) is 38.6 Å². The van der Waals surface area contributed by atoms with Crippen LogP contribution in [0.2, 0.25) is 0 Å². The van der Waals surface area contributed by atoms with Gasteiger partial charge in [0.1, 0.15) is 11.9 Å². The molecule has 1 heterocycles. The van der Waals surface area contributed by atoms with Crippen molar-refractivity contribution < 1.29 is 27.2 Å². The summed E-state index contributed by atoms with van der Waals surface area (Å²) in [5.41, 5.74) is 0. The quantitative estimate of drug-likeness (QED) is 0.519. The number of carbonyl (C=O) groups is 1. The topological polar surface area (TPSA) is 93.1 Å². The van der Waals surface area contributed by atoms with E-state index in [2.05, 4.69) is 0 Å². The van der Waals surface area contributed by atoms with Crippen molar-refractivity contribution in [2.24, 2.45) is 0 Å². The summed E-state index contributed by atoms with van der Waals surface area (Å²) in [7, 11) is -4.16. The SMILES string of the molecule is CCC(=O)OC(CN1CCOCC1)CS(=O)(=O)O. The molecule has 0 aromatic rings. The maximum Gasteiger partial charge on any atom is 0.305 e. The standard InChI is InChI=1S/C10H19NO6S/c1-2-10(12)17-9(8-18(13,14)15)7-11-3-5-16-6-4-11/h9H,2-8H2,1H3,(H,13,14,15). The molecule has 106 valence electrons. The number of rotatable bonds is 6. The monoisotopic (exact) mass is 281 g/mol. The van der Waals surface area contributed by atoms with E-state index in [-0.39, 0.29) is 13.0 Å². The van der Waals surface area contributed by atoms with Crippen LogP contribution < -0.4 is 0 Å². The van der Waals surface area contributed by atoms with E-state index in [4.69, 9.17) is 14.0 Å². The third-order valence-corrected chi connectivity index (χ3v) is 3.34. The predicted molar refractivity (Wildman–Crippen MR) is 63.8 cm³/mol. The first-order chi connectivity index (χ1) is 8.40. The predicted octanol–water partition coefficient (Wildman–Crippen LogP) is -0.472. The molecule has 1 unspecified atom stereocenters. The number of carbonyl (C=O) groups excluding carboxylic acids is 1. The Morgan fingerprint density at radius 3 is 2.56 bits per heavy atom. The van der Waals surface area contributed by atoms with E-state index in [9.17, 15) is 13.2 Å². The minimum Gasteiger partial charge on any atom is -0.460 e. The first-order valence-corrected chi connectivity index (χ1v) is 7.46. The second-order valence-electron chi connectivity index (χ2n) is 4.13. The summed E-state index contributed by atoms with van der Waals surface area (Å²) >= 11 is 0. The fraction of sp³-hybridized carbons (Fsp3) is 0.900. The fourth-order valence-corrected chi connectivity index (χ4v) is 2.34. The zero-order valence-corrected chi connectivity index (χ0v) is 11.2. The van der Waals surface area contributed by atoms with E-state index >= 15 is 0 Å². The maximum atomic E-state index is 11.2. The Balaban J connectivity index is 2.55. The Bertz CT molecular complexity index is 363. The van der Waals surface area contributed by atoms with Crippen LogP contribution in [-0.4, -0.2) is 68.5 Å². The molecule has 0 amide bonds. The molecule has 0 aromatic carbocycles. The molecular formula is C10H19NO6S. The van der Waals surface area contributed by atoms with E-state index in [0.717, 1.165) is 0 Å². The van der Waals surface area contributed by atoms with E-state index in [0.29, 0.717) is 26.3 Å². The average Bonchev–Trinajstić information content (AvgIpc) is 2.27. The molecule has 1 rings (SSSR count). The highest BCUT2D eigenvalue weighted by Crippen LogP contribution is 2.05. The number of hydrogen-bond acceptors (Lipinski definition) is 6. The molecule has 8 heteroatoms. The van der Waals surface area contributed by atoms with E-state index in [1.807, 2.05) is 4.90 Å². The summed E-state index contributed by atoms with van der Waals surface area (Å²) in [4.78, 5) is 13.2. The van der Waals surface area contributed by atoms with Crippen molar-refractivity contribution in [1.82, 2.24) is 4.90 Å². The van der Waals surface area contributed by atoms with Gasteiger partial charge in [-0.2, -0.15) is 8.42 Å². The molecule has 0 aromatic heterocycles. The number of morpholine rings is 1. The highest BCUT2D eigenvalue weighted by molar-refractivity contribution is 7.85. The fourth-order valence-electron chi connectivity index (χ4n) is 1.70. The summed E-state index contributed by atoms with van der Waals surface area (Å²) in [6, 6.07) is 0. The van der Waals surface area contributed by atoms with Gasteiger partial charge in [0.25, 0.3) is 10.1 Å². The van der Waals surface area contributed by atoms with Crippen LogP contribution in [-0.2, 0) is 24.4 Å². The largest absolute Gasteiger partial charge is 0.460 e. The summed E-state index contributed by atoms with van der Waals surface area (Å²) in [5.74, 6) is -1.05. The van der Waals surface area contributed by atoms with Gasteiger partial charge in [0, 0.05) is 26.1 Å². The van der Waals surface area contributed by atoms with Gasteiger partial charge in [-0.15, -0.1) is 0 Å². The molecule has 0 radical (unpaired) electrons. The summed E-state index contributed by atoms with van der Waals surface area (Å²) in [6.45, 7) is 4.37. The molecule has 1 N–H and O–H groups in total. The Hall–Kier alpha value is -0.700. The second-order valence-corrected chi connectivity index (χ2v) is 5.62. The molecule has 0 spiro atoms. The van der Waals surface area contributed by atoms with Gasteiger partial charge >= 0.3 is 5.97 Å². The molecule has 0 bridgehead atoms. The molecule has 1 fully saturated rings. The molecule has 7 nitrogen and oxygen atoms in total. The van der Waals surface area contributed by atoms with E-state index < -0.39 is 27.9 Å². The van der Waals surface area contributed by atoms with Crippen molar-refractivity contribution in [1.29, 1.82) is 0 Å². The Labute approximate surface area is 107 Å². The molecule has 1 atom stereocenters. The minimum atomic E-state index is -4.16. The Morgan fingerprint density at radius 2 is 2.06 bits per heavy atom. The van der Waals surface area contributed by atoms with Crippen molar-refractivity contribution >= 4 is 16.1 Å². The normalized spacial score (nSPS) is 19.4. The third kappa shape index (κ3) is 6.29. The highest BCUT2D eigenvalue weighted by atomic mass is 32.2. The average molecular weight is 281 g/mol. The van der Waals surface area contributed by atoms with Gasteiger partial charge < -0.3 is 9.47 Å². The molecule has 1 saturated heterocycles. The maximum absolute atomic E-state index is 11.2. The first kappa shape index (κ1) is 15.4. The lowest BCUT2D eigenvalue weighted by Gasteiger charge is -2.29. The lowest BCUT2D eigenvalue weighted by molar-refractivity contribution is -0.148. The van der Waals surface area contributed by atoms with Crippen LogP contribution in [0.15, 0.2) is 0 Å². The van der Waals surface area contributed by atoms with Crippen LogP contribution >= 0.6 is 0 Å². The molecule has 1 aliphatic heterocycles. The Morgan fingerprint density at radius 1 is 1.44 bits per heavy atom. The molecule has 0 aliphatic carbocycles. The highest BCUT2D eigenvalue weighted by Gasteiger charge is 2.24. The zero-order valence-electron chi connectivity index (χ0n) is 10.4. The van der Waals surface area contributed by atoms with Crippen molar-refractivity contribution in [3.63, 3.8) is 0 Å². The number of ether oxygens (including phenoxy) is 2. The lowest BCUT2D eigenvalue weighted by Crippen LogP contribution is -2.44. The summed E-state index contributed by atoms with van der Waals surface area (Å²) in [5, 5.41) is 0. The van der Waals surface area contributed by atoms with Gasteiger partial charge in [-0.25, -0.2) is 0 Å². The van der Waals surface area contributed by atoms with Gasteiger partial charge in [0.05, 0.1) is 13.2 Å². The van der Waals surface area contributed by atoms with E-state index in [1.54, 1.807) is 6.92 Å². The molecule has 1 aliphatic rings. The van der Waals surface area contributed by atoms with Crippen LogP contribution in [0.5, 0.6) is 0 Å². The molecular weight excluding hydrogens is 262 g/mol. The van der Waals surface area contributed by atoms with Crippen molar-refractivity contribution in [3.8, 4) is 0 Å². The van der Waals surface area contributed by atoms with Gasteiger partial charge in [0.2, 0.25) is 0 Å². The summed E-state index contributed by atoms with van der Waals surface area (Å²) < 4.78 is 40.8. The zero-order chi connectivity index (χ0) is 13.6. The minimum absolute atomic E-state index is 0.172. The Kier molecular flexibility index (Phi) is 6.00. The van der Waals surface area contributed by atoms with Gasteiger partial charge in [-0.1, -0.05) is 6.92 Å².